The van der Waals surface area contributed by atoms with E-state index in [0.29, 0.717) is 21.4 Å². The van der Waals surface area contributed by atoms with Crippen LogP contribution in [0.3, 0.4) is 0 Å². The van der Waals surface area contributed by atoms with Gasteiger partial charge in [0.05, 0.1) is 21.4 Å². The van der Waals surface area contributed by atoms with E-state index in [1.54, 1.807) is 29.5 Å². The Morgan fingerprint density at radius 3 is 2.81 bits per heavy atom. The second-order valence-electron chi connectivity index (χ2n) is 3.30. The van der Waals surface area contributed by atoms with Gasteiger partial charge in [0.2, 0.25) is 0 Å². The summed E-state index contributed by atoms with van der Waals surface area (Å²) in [4.78, 5) is 0.649. The predicted molar refractivity (Wildman–Crippen MR) is 70.3 cm³/mol. The Hall–Kier alpha value is -0.840. The lowest BCUT2D eigenvalue weighted by Crippen LogP contribution is -2.00. The van der Waals surface area contributed by atoms with Crippen LogP contribution in [-0.2, 0) is 16.6 Å². The number of hydrogen-bond acceptors (Lipinski definition) is 3. The van der Waals surface area contributed by atoms with Crippen LogP contribution in [0.25, 0.3) is 0 Å². The molecule has 0 spiro atoms. The van der Waals surface area contributed by atoms with Crippen LogP contribution in [0.15, 0.2) is 39.9 Å². The highest BCUT2D eigenvalue weighted by Crippen LogP contribution is 2.23. The summed E-state index contributed by atoms with van der Waals surface area (Å²) in [5, 5.41) is 4.52. The van der Waals surface area contributed by atoms with E-state index in [-0.39, 0.29) is 0 Å². The first-order chi connectivity index (χ1) is 7.66. The normalized spacial score (nSPS) is 12.6. The first-order valence-electron chi connectivity index (χ1n) is 4.61. The fraction of sp³-hybridized carbons (Fsp3) is 0.0909. The van der Waals surface area contributed by atoms with Crippen molar-refractivity contribution in [2.24, 2.45) is 0 Å². The Labute approximate surface area is 106 Å². The Bertz CT molecular complexity index is 511. The molecule has 1 heterocycles. The maximum Gasteiger partial charge on any atom is 0.0621 e. The molecule has 5 heteroatoms. The average Bonchev–Trinajstić information content (AvgIpc) is 2.70. The minimum Gasteiger partial charge on any atom is -0.398 e. The predicted octanol–water partition coefficient (Wildman–Crippen LogP) is 3.29. The van der Waals surface area contributed by atoms with Gasteiger partial charge in [-0.25, -0.2) is 0 Å². The zero-order chi connectivity index (χ0) is 11.5. The number of hydrogen-bond donors (Lipinski definition) is 1. The molecule has 1 atom stereocenters. The molecule has 0 aliphatic carbocycles. The van der Waals surface area contributed by atoms with Crippen molar-refractivity contribution < 1.29 is 4.21 Å². The van der Waals surface area contributed by atoms with Gasteiger partial charge in [-0.2, -0.15) is 11.3 Å². The molecule has 1 aromatic carbocycles. The van der Waals surface area contributed by atoms with Gasteiger partial charge in [-0.1, -0.05) is 11.6 Å². The third kappa shape index (κ3) is 2.64. The third-order valence-electron chi connectivity index (χ3n) is 2.09. The largest absolute Gasteiger partial charge is 0.398 e. The maximum absolute atomic E-state index is 12.0. The Morgan fingerprint density at radius 2 is 2.19 bits per heavy atom. The fourth-order valence-corrected chi connectivity index (χ4v) is 3.46. The SMILES string of the molecule is Nc1cc(Cl)ccc1S(=O)Cc1ccsc1. The first kappa shape index (κ1) is 11.6. The molecule has 2 N–H and O–H groups in total. The van der Waals surface area contributed by atoms with E-state index in [9.17, 15) is 4.21 Å². The molecule has 0 fully saturated rings. The standard InChI is InChI=1S/C11H10ClNOS2/c12-9-1-2-11(10(13)5-9)16(14)7-8-3-4-15-6-8/h1-6H,7,13H2. The van der Waals surface area contributed by atoms with Gasteiger partial charge in [-0.3, -0.25) is 4.21 Å². The summed E-state index contributed by atoms with van der Waals surface area (Å²) in [6.07, 6.45) is 0. The molecule has 1 unspecified atom stereocenters. The minimum absolute atomic E-state index is 0.487. The Kier molecular flexibility index (Phi) is 3.63. The van der Waals surface area contributed by atoms with Crippen LogP contribution in [0, 0.1) is 0 Å². The van der Waals surface area contributed by atoms with E-state index in [2.05, 4.69) is 0 Å². The van der Waals surface area contributed by atoms with Crippen LogP contribution in [0.4, 0.5) is 5.69 Å². The number of thiophene rings is 1. The zero-order valence-electron chi connectivity index (χ0n) is 8.35. The molecule has 0 aliphatic rings. The molecule has 0 amide bonds. The lowest BCUT2D eigenvalue weighted by atomic mass is 10.3. The topological polar surface area (TPSA) is 43.1 Å². The fourth-order valence-electron chi connectivity index (χ4n) is 1.33. The van der Waals surface area contributed by atoms with E-state index in [1.165, 1.54) is 0 Å². The molecule has 1 aromatic heterocycles. The molecule has 2 rings (SSSR count). The van der Waals surface area contributed by atoms with E-state index >= 15 is 0 Å². The molecule has 84 valence electrons. The van der Waals surface area contributed by atoms with Crippen LogP contribution in [0.1, 0.15) is 5.56 Å². The zero-order valence-corrected chi connectivity index (χ0v) is 10.7. The molecular weight excluding hydrogens is 262 g/mol. The molecule has 16 heavy (non-hydrogen) atoms. The Morgan fingerprint density at radius 1 is 1.38 bits per heavy atom. The van der Waals surface area contributed by atoms with Crippen molar-refractivity contribution >= 4 is 39.4 Å². The number of halogens is 1. The highest BCUT2D eigenvalue weighted by atomic mass is 35.5. The quantitative estimate of drug-likeness (QED) is 0.871. The maximum atomic E-state index is 12.0. The minimum atomic E-state index is -1.11. The van der Waals surface area contributed by atoms with Gasteiger partial charge < -0.3 is 5.73 Å². The molecule has 2 aromatic rings. The highest BCUT2D eigenvalue weighted by molar-refractivity contribution is 7.84. The van der Waals surface area contributed by atoms with Gasteiger partial charge >= 0.3 is 0 Å². The van der Waals surface area contributed by atoms with Crippen molar-refractivity contribution in [3.8, 4) is 0 Å². The summed E-state index contributed by atoms with van der Waals surface area (Å²) < 4.78 is 12.0. The summed E-state index contributed by atoms with van der Waals surface area (Å²) >= 11 is 7.38. The third-order valence-corrected chi connectivity index (χ3v) is 4.52. The van der Waals surface area contributed by atoms with Crippen LogP contribution in [-0.4, -0.2) is 4.21 Å². The summed E-state index contributed by atoms with van der Waals surface area (Å²) in [6.45, 7) is 0. The molecule has 0 saturated carbocycles. The molecule has 0 saturated heterocycles. The first-order valence-corrected chi connectivity index (χ1v) is 7.25. The second-order valence-corrected chi connectivity index (χ2v) is 5.94. The van der Waals surface area contributed by atoms with Crippen LogP contribution >= 0.6 is 22.9 Å². The van der Waals surface area contributed by atoms with Crippen LogP contribution < -0.4 is 5.73 Å². The molecule has 2 nitrogen and oxygen atoms in total. The average molecular weight is 272 g/mol. The monoisotopic (exact) mass is 271 g/mol. The number of rotatable bonds is 3. The van der Waals surface area contributed by atoms with E-state index in [4.69, 9.17) is 17.3 Å². The number of benzene rings is 1. The van der Waals surface area contributed by atoms with Crippen LogP contribution in [0.5, 0.6) is 0 Å². The lowest BCUT2D eigenvalue weighted by Gasteiger charge is -2.05. The summed E-state index contributed by atoms with van der Waals surface area (Å²) in [5.41, 5.74) is 7.33. The number of nitrogens with two attached hydrogens (primary N) is 1. The van der Waals surface area contributed by atoms with Gasteiger partial charge in [0.25, 0.3) is 0 Å². The molecule has 0 aliphatic heterocycles. The highest BCUT2D eigenvalue weighted by Gasteiger charge is 2.09. The number of nitrogen functional groups attached to an aromatic ring is 1. The van der Waals surface area contributed by atoms with Gasteiger partial charge in [0, 0.05) is 10.7 Å². The van der Waals surface area contributed by atoms with Gasteiger partial charge in [-0.05, 0) is 40.6 Å². The summed E-state index contributed by atoms with van der Waals surface area (Å²) in [6, 6.07) is 7.02. The van der Waals surface area contributed by atoms with Gasteiger partial charge in [0.15, 0.2) is 0 Å². The van der Waals surface area contributed by atoms with Gasteiger partial charge in [0.1, 0.15) is 0 Å². The van der Waals surface area contributed by atoms with E-state index < -0.39 is 10.8 Å². The summed E-state index contributed by atoms with van der Waals surface area (Å²) in [5.74, 6) is 0.495. The van der Waals surface area contributed by atoms with Crippen LogP contribution in [0.2, 0.25) is 5.02 Å². The van der Waals surface area contributed by atoms with Crippen molar-refractivity contribution in [3.05, 3.63) is 45.6 Å². The smallest absolute Gasteiger partial charge is 0.0621 e. The van der Waals surface area contributed by atoms with Crippen molar-refractivity contribution in [3.63, 3.8) is 0 Å². The number of anilines is 1. The van der Waals surface area contributed by atoms with Crippen molar-refractivity contribution in [1.29, 1.82) is 0 Å². The Balaban J connectivity index is 2.21. The molecule has 0 bridgehead atoms. The van der Waals surface area contributed by atoms with E-state index in [0.717, 1.165) is 5.56 Å². The van der Waals surface area contributed by atoms with Gasteiger partial charge in [-0.15, -0.1) is 0 Å². The van der Waals surface area contributed by atoms with Crippen molar-refractivity contribution in [2.75, 3.05) is 5.73 Å². The van der Waals surface area contributed by atoms with Crippen molar-refractivity contribution in [1.82, 2.24) is 0 Å². The van der Waals surface area contributed by atoms with E-state index in [1.807, 2.05) is 16.8 Å². The second kappa shape index (κ2) is 4.99. The lowest BCUT2D eigenvalue weighted by molar-refractivity contribution is 0.683. The molecular formula is C11H10ClNOS2. The van der Waals surface area contributed by atoms with Crippen molar-refractivity contribution in [2.45, 2.75) is 10.6 Å². The molecule has 0 radical (unpaired) electrons. The summed E-state index contributed by atoms with van der Waals surface area (Å²) in [7, 11) is -1.11.